The van der Waals surface area contributed by atoms with Crippen molar-refractivity contribution < 1.29 is 13.2 Å². The topological polar surface area (TPSA) is 51.2 Å². The number of rotatable bonds is 4. The largest absolute Gasteiger partial charge is 0.469 e. The van der Waals surface area contributed by atoms with Crippen molar-refractivity contribution in [3.63, 3.8) is 0 Å². The van der Waals surface area contributed by atoms with Gasteiger partial charge in [-0.25, -0.2) is 8.78 Å². The molecule has 0 aliphatic rings. The van der Waals surface area contributed by atoms with Crippen molar-refractivity contribution >= 4 is 11.4 Å². The van der Waals surface area contributed by atoms with Gasteiger partial charge in [-0.1, -0.05) is 0 Å². The molecule has 3 nitrogen and oxygen atoms in total. The molecule has 90 valence electrons. The Labute approximate surface area is 97.2 Å². The van der Waals surface area contributed by atoms with Crippen LogP contribution in [0.5, 0.6) is 0 Å². The monoisotopic (exact) mass is 238 g/mol. The minimum absolute atomic E-state index is 0.0779. The van der Waals surface area contributed by atoms with Gasteiger partial charge in [0.2, 0.25) is 0 Å². The highest BCUT2D eigenvalue weighted by Crippen LogP contribution is 2.23. The van der Waals surface area contributed by atoms with Gasteiger partial charge in [0.25, 0.3) is 0 Å². The molecule has 2 aromatic rings. The molecule has 0 aliphatic heterocycles. The highest BCUT2D eigenvalue weighted by molar-refractivity contribution is 5.66. The summed E-state index contributed by atoms with van der Waals surface area (Å²) in [4.78, 5) is 0. The van der Waals surface area contributed by atoms with E-state index in [1.165, 1.54) is 6.07 Å². The molecular weight excluding hydrogens is 226 g/mol. The SMILES string of the molecule is Nc1c(F)cc(F)cc1NCCc1ccco1. The lowest BCUT2D eigenvalue weighted by Crippen LogP contribution is -2.08. The van der Waals surface area contributed by atoms with Crippen molar-refractivity contribution in [1.29, 1.82) is 0 Å². The van der Waals surface area contributed by atoms with E-state index in [0.29, 0.717) is 13.0 Å². The van der Waals surface area contributed by atoms with Crippen LogP contribution in [0.1, 0.15) is 5.76 Å². The van der Waals surface area contributed by atoms with Gasteiger partial charge in [-0.15, -0.1) is 0 Å². The van der Waals surface area contributed by atoms with Crippen LogP contribution in [0.4, 0.5) is 20.2 Å². The van der Waals surface area contributed by atoms with Gasteiger partial charge in [-0.3, -0.25) is 0 Å². The normalized spacial score (nSPS) is 10.5. The van der Waals surface area contributed by atoms with Crippen LogP contribution in [0, 0.1) is 11.6 Å². The van der Waals surface area contributed by atoms with E-state index in [1.54, 1.807) is 12.3 Å². The van der Waals surface area contributed by atoms with E-state index in [0.717, 1.165) is 11.8 Å². The van der Waals surface area contributed by atoms with Crippen LogP contribution in [-0.2, 0) is 6.42 Å². The van der Waals surface area contributed by atoms with E-state index < -0.39 is 11.6 Å². The number of furan rings is 1. The Hall–Kier alpha value is -2.04. The van der Waals surface area contributed by atoms with Crippen molar-refractivity contribution in [1.82, 2.24) is 0 Å². The zero-order valence-corrected chi connectivity index (χ0v) is 9.04. The lowest BCUT2D eigenvalue weighted by molar-refractivity contribution is 0.513. The summed E-state index contributed by atoms with van der Waals surface area (Å²) in [6.07, 6.45) is 2.19. The first-order chi connectivity index (χ1) is 8.16. The van der Waals surface area contributed by atoms with Crippen LogP contribution in [0.25, 0.3) is 0 Å². The first-order valence-electron chi connectivity index (χ1n) is 5.17. The van der Waals surface area contributed by atoms with Crippen molar-refractivity contribution in [3.05, 3.63) is 47.9 Å². The Morgan fingerprint density at radius 1 is 1.29 bits per heavy atom. The molecule has 0 saturated carbocycles. The molecule has 0 saturated heterocycles. The first-order valence-corrected chi connectivity index (χ1v) is 5.17. The molecule has 0 spiro atoms. The van der Waals surface area contributed by atoms with E-state index in [1.807, 2.05) is 6.07 Å². The third-order valence-corrected chi connectivity index (χ3v) is 2.36. The molecule has 0 fully saturated rings. The van der Waals surface area contributed by atoms with E-state index >= 15 is 0 Å². The fraction of sp³-hybridized carbons (Fsp3) is 0.167. The summed E-state index contributed by atoms with van der Waals surface area (Å²) in [7, 11) is 0. The Kier molecular flexibility index (Phi) is 3.27. The Morgan fingerprint density at radius 2 is 2.12 bits per heavy atom. The second kappa shape index (κ2) is 4.86. The minimum Gasteiger partial charge on any atom is -0.469 e. The summed E-state index contributed by atoms with van der Waals surface area (Å²) in [5.74, 6) is -0.615. The third-order valence-electron chi connectivity index (χ3n) is 2.36. The van der Waals surface area contributed by atoms with Gasteiger partial charge in [-0.2, -0.15) is 0 Å². The van der Waals surface area contributed by atoms with Crippen LogP contribution < -0.4 is 11.1 Å². The maximum atomic E-state index is 13.1. The van der Waals surface area contributed by atoms with Crippen LogP contribution in [-0.4, -0.2) is 6.54 Å². The summed E-state index contributed by atoms with van der Waals surface area (Å²) in [6.45, 7) is 0.487. The summed E-state index contributed by atoms with van der Waals surface area (Å²) in [6, 6.07) is 5.54. The quantitative estimate of drug-likeness (QED) is 0.805. The standard InChI is InChI=1S/C12H12F2N2O/c13-8-6-10(14)12(15)11(7-8)16-4-3-9-2-1-5-17-9/h1-2,5-7,16H,3-4,15H2. The predicted molar refractivity (Wildman–Crippen MR) is 61.7 cm³/mol. The van der Waals surface area contributed by atoms with Gasteiger partial charge in [0.05, 0.1) is 17.6 Å². The fourth-order valence-corrected chi connectivity index (χ4v) is 1.51. The van der Waals surface area contributed by atoms with Gasteiger partial charge < -0.3 is 15.5 Å². The number of hydrogen-bond donors (Lipinski definition) is 2. The van der Waals surface area contributed by atoms with Gasteiger partial charge in [0, 0.05) is 19.0 Å². The minimum atomic E-state index is -0.759. The highest BCUT2D eigenvalue weighted by atomic mass is 19.1. The van der Waals surface area contributed by atoms with E-state index in [2.05, 4.69) is 5.32 Å². The van der Waals surface area contributed by atoms with Gasteiger partial charge in [-0.05, 0) is 18.2 Å². The molecule has 17 heavy (non-hydrogen) atoms. The molecule has 0 amide bonds. The lowest BCUT2D eigenvalue weighted by atomic mass is 10.2. The Morgan fingerprint density at radius 3 is 2.82 bits per heavy atom. The van der Waals surface area contributed by atoms with Gasteiger partial charge in [0.1, 0.15) is 11.6 Å². The number of hydrogen-bond acceptors (Lipinski definition) is 3. The first kappa shape index (κ1) is 11.4. The van der Waals surface area contributed by atoms with Gasteiger partial charge in [0.15, 0.2) is 5.82 Å². The Bertz CT molecular complexity index is 497. The van der Waals surface area contributed by atoms with Crippen LogP contribution in [0.3, 0.4) is 0 Å². The highest BCUT2D eigenvalue weighted by Gasteiger charge is 2.07. The van der Waals surface area contributed by atoms with E-state index in [9.17, 15) is 8.78 Å². The third kappa shape index (κ3) is 2.75. The zero-order valence-electron chi connectivity index (χ0n) is 9.04. The van der Waals surface area contributed by atoms with Crippen LogP contribution in [0.15, 0.2) is 34.9 Å². The molecule has 1 heterocycles. The predicted octanol–water partition coefficient (Wildman–Crippen LogP) is 2.79. The molecule has 2 rings (SSSR count). The van der Waals surface area contributed by atoms with Crippen molar-refractivity contribution in [2.75, 3.05) is 17.6 Å². The van der Waals surface area contributed by atoms with E-state index in [-0.39, 0.29) is 11.4 Å². The molecule has 0 radical (unpaired) electrons. The molecule has 0 aliphatic carbocycles. The molecule has 1 aromatic carbocycles. The summed E-state index contributed by atoms with van der Waals surface area (Å²) >= 11 is 0. The van der Waals surface area contributed by atoms with Crippen molar-refractivity contribution in [3.8, 4) is 0 Å². The Balaban J connectivity index is 1.99. The van der Waals surface area contributed by atoms with Gasteiger partial charge >= 0.3 is 0 Å². The van der Waals surface area contributed by atoms with E-state index in [4.69, 9.17) is 10.2 Å². The molecule has 3 N–H and O–H groups in total. The number of nitrogens with one attached hydrogen (secondary N) is 1. The number of benzene rings is 1. The molecular formula is C12H12F2N2O. The summed E-state index contributed by atoms with van der Waals surface area (Å²) < 4.78 is 31.2. The van der Waals surface area contributed by atoms with Crippen LogP contribution >= 0.6 is 0 Å². The molecule has 0 atom stereocenters. The molecule has 0 unspecified atom stereocenters. The van der Waals surface area contributed by atoms with Crippen molar-refractivity contribution in [2.45, 2.75) is 6.42 Å². The fourth-order valence-electron chi connectivity index (χ4n) is 1.51. The smallest absolute Gasteiger partial charge is 0.151 e. The number of halogens is 2. The summed E-state index contributed by atoms with van der Waals surface area (Å²) in [5, 5.41) is 2.87. The van der Waals surface area contributed by atoms with Crippen LogP contribution in [0.2, 0.25) is 0 Å². The average Bonchev–Trinajstić information content (AvgIpc) is 2.78. The molecule has 1 aromatic heterocycles. The number of nitrogens with two attached hydrogens (primary N) is 1. The molecule has 0 bridgehead atoms. The average molecular weight is 238 g/mol. The molecule has 5 heteroatoms. The maximum absolute atomic E-state index is 13.1. The number of anilines is 2. The number of nitrogen functional groups attached to an aromatic ring is 1. The maximum Gasteiger partial charge on any atom is 0.151 e. The second-order valence-corrected chi connectivity index (χ2v) is 3.60. The van der Waals surface area contributed by atoms with Crippen molar-refractivity contribution in [2.24, 2.45) is 0 Å². The lowest BCUT2D eigenvalue weighted by Gasteiger charge is -2.09. The summed E-state index contributed by atoms with van der Waals surface area (Å²) in [5.41, 5.74) is 5.66. The zero-order chi connectivity index (χ0) is 12.3. The second-order valence-electron chi connectivity index (χ2n) is 3.60.